The third kappa shape index (κ3) is 5.78. The van der Waals surface area contributed by atoms with Crippen molar-refractivity contribution < 1.29 is 18.3 Å². The van der Waals surface area contributed by atoms with Gasteiger partial charge in [-0.3, -0.25) is 9.69 Å². The summed E-state index contributed by atoms with van der Waals surface area (Å²) in [5.41, 5.74) is 7.81. The summed E-state index contributed by atoms with van der Waals surface area (Å²) in [5.74, 6) is -0.186. The molecule has 0 spiro atoms. The first-order chi connectivity index (χ1) is 12.9. The molecule has 9 heteroatoms. The second-order valence-electron chi connectivity index (χ2n) is 6.45. The number of nitrogens with one attached hydrogen (secondary N) is 1. The van der Waals surface area contributed by atoms with E-state index in [4.69, 9.17) is 17.3 Å². The second-order valence-corrected chi connectivity index (χ2v) is 6.85. The molecule has 0 bridgehead atoms. The topological polar surface area (TPSA) is 67.6 Å². The van der Waals surface area contributed by atoms with Gasteiger partial charge in [-0.05, 0) is 23.8 Å². The molecule has 1 amide bonds. The molecule has 2 aromatic rings. The first-order valence-electron chi connectivity index (χ1n) is 8.49. The number of rotatable bonds is 6. The first kappa shape index (κ1) is 22.4. The minimum atomic E-state index is -2.96. The van der Waals surface area contributed by atoms with Crippen LogP contribution in [0.4, 0.5) is 14.5 Å². The van der Waals surface area contributed by atoms with E-state index >= 15 is 0 Å². The summed E-state index contributed by atoms with van der Waals surface area (Å²) in [6, 6.07) is 14.1. The zero-order chi connectivity index (χ0) is 19.4. The molecule has 1 saturated heterocycles. The molecule has 152 valence electrons. The van der Waals surface area contributed by atoms with Gasteiger partial charge in [0.15, 0.2) is 0 Å². The summed E-state index contributed by atoms with van der Waals surface area (Å²) >= 11 is 5.90. The van der Waals surface area contributed by atoms with Crippen LogP contribution in [-0.2, 0) is 4.79 Å². The summed E-state index contributed by atoms with van der Waals surface area (Å²) in [4.78, 5) is 14.3. The number of anilines is 1. The third-order valence-electron chi connectivity index (χ3n) is 4.47. The van der Waals surface area contributed by atoms with Crippen molar-refractivity contribution in [1.29, 1.82) is 0 Å². The van der Waals surface area contributed by atoms with Crippen molar-refractivity contribution in [3.63, 3.8) is 0 Å². The van der Waals surface area contributed by atoms with Crippen LogP contribution in [0.25, 0.3) is 0 Å². The largest absolute Gasteiger partial charge is 0.433 e. The number of benzene rings is 2. The van der Waals surface area contributed by atoms with Crippen molar-refractivity contribution in [3.8, 4) is 5.75 Å². The lowest BCUT2D eigenvalue weighted by atomic mass is 9.95. The van der Waals surface area contributed by atoms with Gasteiger partial charge in [-0.1, -0.05) is 41.9 Å². The predicted molar refractivity (Wildman–Crippen MR) is 108 cm³/mol. The van der Waals surface area contributed by atoms with Crippen molar-refractivity contribution in [3.05, 3.63) is 59.1 Å². The van der Waals surface area contributed by atoms with Gasteiger partial charge in [0, 0.05) is 30.7 Å². The minimum Gasteiger partial charge on any atom is -0.433 e. The Bertz CT molecular complexity index is 796. The molecule has 2 aromatic carbocycles. The van der Waals surface area contributed by atoms with Gasteiger partial charge in [-0.15, -0.1) is 12.4 Å². The van der Waals surface area contributed by atoms with Gasteiger partial charge < -0.3 is 15.8 Å². The Morgan fingerprint density at radius 1 is 1.25 bits per heavy atom. The number of carbonyl (C=O) groups is 1. The molecule has 28 heavy (non-hydrogen) atoms. The van der Waals surface area contributed by atoms with Crippen molar-refractivity contribution >= 4 is 35.6 Å². The van der Waals surface area contributed by atoms with E-state index in [9.17, 15) is 13.6 Å². The molecule has 3 rings (SSSR count). The summed E-state index contributed by atoms with van der Waals surface area (Å²) in [6.45, 7) is -1.46. The maximum absolute atomic E-state index is 12.3. The average molecular weight is 432 g/mol. The average Bonchev–Trinajstić information content (AvgIpc) is 2.98. The third-order valence-corrected chi connectivity index (χ3v) is 4.76. The fourth-order valence-corrected chi connectivity index (χ4v) is 3.49. The number of nitrogens with zero attached hydrogens (tertiary/aromatic N) is 1. The molecule has 1 heterocycles. The lowest BCUT2D eigenvalue weighted by Gasteiger charge is -2.16. The van der Waals surface area contributed by atoms with E-state index in [0.717, 1.165) is 5.56 Å². The zero-order valence-electron chi connectivity index (χ0n) is 14.9. The van der Waals surface area contributed by atoms with E-state index in [1.807, 2.05) is 35.2 Å². The highest BCUT2D eigenvalue weighted by Gasteiger charge is 2.32. The number of hydrogen-bond donors (Lipinski definition) is 2. The maximum atomic E-state index is 12.3. The molecule has 0 saturated carbocycles. The van der Waals surface area contributed by atoms with Crippen LogP contribution >= 0.6 is 24.0 Å². The molecule has 1 aliphatic rings. The fourth-order valence-electron chi connectivity index (χ4n) is 3.27. The number of alkyl halides is 2. The van der Waals surface area contributed by atoms with Crippen molar-refractivity contribution in [2.24, 2.45) is 5.73 Å². The summed E-state index contributed by atoms with van der Waals surface area (Å²) in [5, 5.41) is 2.71. The number of amides is 1. The van der Waals surface area contributed by atoms with Crippen molar-refractivity contribution in [2.45, 2.75) is 18.6 Å². The molecule has 0 aromatic heterocycles. The highest BCUT2D eigenvalue weighted by atomic mass is 35.5. The highest BCUT2D eigenvalue weighted by Crippen LogP contribution is 2.29. The van der Waals surface area contributed by atoms with Crippen LogP contribution in [0.5, 0.6) is 5.75 Å². The van der Waals surface area contributed by atoms with E-state index in [1.165, 1.54) is 18.2 Å². The second kappa shape index (κ2) is 10.0. The van der Waals surface area contributed by atoms with Crippen LogP contribution in [0.15, 0.2) is 48.5 Å². The van der Waals surface area contributed by atoms with E-state index in [2.05, 4.69) is 10.1 Å². The lowest BCUT2D eigenvalue weighted by Crippen LogP contribution is -2.33. The van der Waals surface area contributed by atoms with Crippen LogP contribution in [0.1, 0.15) is 11.5 Å². The van der Waals surface area contributed by atoms with Gasteiger partial charge in [0.25, 0.3) is 0 Å². The number of ether oxygens (including phenoxy) is 1. The first-order valence-corrected chi connectivity index (χ1v) is 8.87. The van der Waals surface area contributed by atoms with Crippen molar-refractivity contribution in [1.82, 2.24) is 4.90 Å². The number of hydrogen-bond acceptors (Lipinski definition) is 4. The molecule has 3 N–H and O–H groups in total. The smallest absolute Gasteiger partial charge is 0.387 e. The highest BCUT2D eigenvalue weighted by molar-refractivity contribution is 6.32. The van der Waals surface area contributed by atoms with Gasteiger partial charge in [-0.25, -0.2) is 0 Å². The maximum Gasteiger partial charge on any atom is 0.387 e. The number of carbonyl (C=O) groups excluding carboxylic acids is 1. The van der Waals surface area contributed by atoms with Gasteiger partial charge >= 0.3 is 6.61 Å². The quantitative estimate of drug-likeness (QED) is 0.730. The number of halogens is 4. The number of likely N-dealkylation sites (tertiary alicyclic amines) is 1. The summed E-state index contributed by atoms with van der Waals surface area (Å²) < 4.78 is 28.8. The molecular weight excluding hydrogens is 411 g/mol. The normalized spacial score (nSPS) is 19.3. The Morgan fingerprint density at radius 3 is 2.61 bits per heavy atom. The van der Waals surface area contributed by atoms with E-state index in [0.29, 0.717) is 18.8 Å². The fraction of sp³-hybridized carbons (Fsp3) is 0.316. The molecule has 0 aliphatic carbocycles. The summed E-state index contributed by atoms with van der Waals surface area (Å²) in [7, 11) is 0. The SMILES string of the molecule is Cl.N[C@@H]1CN(CC(=O)Nc2ccc(OC(F)F)c(Cl)c2)C[C@H]1c1ccccc1. The standard InChI is InChI=1S/C19H20ClF2N3O2.ClH/c20-15-8-13(6-7-17(15)27-19(21)22)24-18(26)11-25-9-14(16(23)10-25)12-4-2-1-3-5-12;/h1-8,14,16,19H,9-11,23H2,(H,24,26);1H/t14-,16+;/m0./s1. The van der Waals surface area contributed by atoms with Crippen molar-refractivity contribution in [2.75, 3.05) is 25.0 Å². The number of nitrogens with two attached hydrogens (primary N) is 1. The van der Waals surface area contributed by atoms with Crippen LogP contribution in [-0.4, -0.2) is 43.1 Å². The molecule has 0 radical (unpaired) electrons. The molecule has 1 fully saturated rings. The van der Waals surface area contributed by atoms with E-state index in [-0.39, 0.29) is 47.6 Å². The van der Waals surface area contributed by atoms with Gasteiger partial charge in [0.1, 0.15) is 5.75 Å². The molecule has 5 nitrogen and oxygen atoms in total. The van der Waals surface area contributed by atoms with Crippen LogP contribution in [0.2, 0.25) is 5.02 Å². The van der Waals surface area contributed by atoms with Crippen LogP contribution in [0, 0.1) is 0 Å². The molecular formula is C19H21Cl2F2N3O2. The Labute approximate surface area is 173 Å². The molecule has 0 unspecified atom stereocenters. The molecule has 1 aliphatic heterocycles. The zero-order valence-corrected chi connectivity index (χ0v) is 16.4. The van der Waals surface area contributed by atoms with E-state index in [1.54, 1.807) is 0 Å². The van der Waals surface area contributed by atoms with Gasteiger partial charge in [-0.2, -0.15) is 8.78 Å². The molecule has 2 atom stereocenters. The minimum absolute atomic E-state index is 0. The monoisotopic (exact) mass is 431 g/mol. The Morgan fingerprint density at radius 2 is 1.96 bits per heavy atom. The summed E-state index contributed by atoms with van der Waals surface area (Å²) in [6.07, 6.45) is 0. The van der Waals surface area contributed by atoms with Gasteiger partial charge in [0.05, 0.1) is 11.6 Å². The van der Waals surface area contributed by atoms with Gasteiger partial charge in [0.2, 0.25) is 5.91 Å². The Hall–Kier alpha value is -1.93. The lowest BCUT2D eigenvalue weighted by molar-refractivity contribution is -0.117. The van der Waals surface area contributed by atoms with E-state index < -0.39 is 6.61 Å². The van der Waals surface area contributed by atoms with Crippen LogP contribution < -0.4 is 15.8 Å². The van der Waals surface area contributed by atoms with Crippen LogP contribution in [0.3, 0.4) is 0 Å². The Balaban J connectivity index is 0.00000280. The predicted octanol–water partition coefficient (Wildman–Crippen LogP) is 3.73. The Kier molecular flexibility index (Phi) is 8.00.